The summed E-state index contributed by atoms with van der Waals surface area (Å²) in [6.45, 7) is 11.2. The molecular weight excluding hydrogens is 247 g/mol. The lowest BCUT2D eigenvalue weighted by molar-refractivity contribution is 0.177. The average Bonchev–Trinajstić information content (AvgIpc) is 1.98. The van der Waals surface area contributed by atoms with Crippen molar-refractivity contribution in [2.45, 2.75) is 45.3 Å². The Hall–Kier alpha value is 0.287. The maximum Gasteiger partial charge on any atom is 0.469 e. The predicted octanol–water partition coefficient (Wildman–Crippen LogP) is 2.51. The maximum atomic E-state index is 10.4. The van der Waals surface area contributed by atoms with Gasteiger partial charge in [0.15, 0.2) is 8.32 Å². The molecule has 0 atom stereocenters. The van der Waals surface area contributed by atoms with Crippen molar-refractivity contribution in [3.05, 3.63) is 0 Å². The predicted molar refractivity (Wildman–Crippen MR) is 65.8 cm³/mol. The van der Waals surface area contributed by atoms with E-state index in [0.29, 0.717) is 13.0 Å². The fourth-order valence-corrected chi connectivity index (χ4v) is 2.24. The van der Waals surface area contributed by atoms with E-state index < -0.39 is 16.1 Å². The molecule has 0 rings (SSSR count). The van der Waals surface area contributed by atoms with E-state index in [4.69, 9.17) is 14.2 Å². The lowest BCUT2D eigenvalue weighted by Gasteiger charge is -2.36. The fraction of sp³-hybridized carbons (Fsp3) is 1.00. The van der Waals surface area contributed by atoms with Gasteiger partial charge >= 0.3 is 7.82 Å². The monoisotopic (exact) mass is 270 g/mol. The fourth-order valence-electron chi connectivity index (χ4n) is 0.786. The van der Waals surface area contributed by atoms with Gasteiger partial charge in [0.2, 0.25) is 0 Å². The number of phosphoric ester groups is 1. The van der Waals surface area contributed by atoms with Crippen molar-refractivity contribution in [1.29, 1.82) is 0 Å². The number of hydrogen-bond acceptors (Lipinski definition) is 3. The van der Waals surface area contributed by atoms with Crippen molar-refractivity contribution >= 4 is 16.1 Å². The summed E-state index contributed by atoms with van der Waals surface area (Å²) in [6.07, 6.45) is 0.498. The molecule has 0 fully saturated rings. The first-order valence-corrected chi connectivity index (χ1v) is 9.74. The van der Waals surface area contributed by atoms with Crippen LogP contribution in [0.5, 0.6) is 0 Å². The Morgan fingerprint density at radius 2 is 1.69 bits per heavy atom. The Balaban J connectivity index is 3.80. The summed E-state index contributed by atoms with van der Waals surface area (Å²) in [5, 5.41) is 0.150. The van der Waals surface area contributed by atoms with E-state index >= 15 is 0 Å². The molecule has 98 valence electrons. The molecule has 0 amide bonds. The molecule has 5 nitrogen and oxygen atoms in total. The second-order valence-corrected chi connectivity index (χ2v) is 11.3. The van der Waals surface area contributed by atoms with Crippen molar-refractivity contribution < 1.29 is 23.3 Å². The summed E-state index contributed by atoms with van der Waals surface area (Å²) in [5.74, 6) is 0. The molecule has 0 aliphatic rings. The zero-order valence-electron chi connectivity index (χ0n) is 10.7. The number of rotatable bonds is 6. The molecule has 0 aliphatic heterocycles. The van der Waals surface area contributed by atoms with Crippen LogP contribution in [0, 0.1) is 0 Å². The molecule has 0 saturated heterocycles. The van der Waals surface area contributed by atoms with Gasteiger partial charge in [-0.05, 0) is 24.6 Å². The quantitative estimate of drug-likeness (QED) is 0.440. The highest BCUT2D eigenvalue weighted by Gasteiger charge is 2.36. The van der Waals surface area contributed by atoms with Crippen LogP contribution in [-0.2, 0) is 13.5 Å². The van der Waals surface area contributed by atoms with Crippen LogP contribution in [0.15, 0.2) is 0 Å². The van der Waals surface area contributed by atoms with Gasteiger partial charge in [-0.15, -0.1) is 0 Å². The van der Waals surface area contributed by atoms with E-state index in [9.17, 15) is 4.57 Å². The Morgan fingerprint density at radius 1 is 1.19 bits per heavy atom. The van der Waals surface area contributed by atoms with Gasteiger partial charge in [-0.3, -0.25) is 4.52 Å². The van der Waals surface area contributed by atoms with Crippen LogP contribution in [0.4, 0.5) is 0 Å². The van der Waals surface area contributed by atoms with Gasteiger partial charge in [0.1, 0.15) is 0 Å². The van der Waals surface area contributed by atoms with Gasteiger partial charge in [0, 0.05) is 6.61 Å². The SMILES string of the molecule is CC(C)(C)[Si](C)(C)OCCCOP(=O)(O)O. The van der Waals surface area contributed by atoms with Gasteiger partial charge in [0.05, 0.1) is 6.61 Å². The molecule has 0 heterocycles. The Morgan fingerprint density at radius 3 is 2.06 bits per heavy atom. The van der Waals surface area contributed by atoms with Crippen LogP contribution in [-0.4, -0.2) is 31.3 Å². The van der Waals surface area contributed by atoms with E-state index in [1.165, 1.54) is 0 Å². The van der Waals surface area contributed by atoms with Crippen molar-refractivity contribution in [3.8, 4) is 0 Å². The van der Waals surface area contributed by atoms with E-state index in [0.717, 1.165) is 0 Å². The highest BCUT2D eigenvalue weighted by Crippen LogP contribution is 2.37. The molecule has 0 aliphatic carbocycles. The molecule has 0 aromatic rings. The minimum Gasteiger partial charge on any atom is -0.417 e. The normalized spacial score (nSPS) is 14.2. The van der Waals surface area contributed by atoms with Crippen molar-refractivity contribution in [2.75, 3.05) is 13.2 Å². The third-order valence-electron chi connectivity index (χ3n) is 2.82. The van der Waals surface area contributed by atoms with Gasteiger partial charge in [-0.1, -0.05) is 20.8 Å². The van der Waals surface area contributed by atoms with E-state index in [2.05, 4.69) is 38.4 Å². The molecule has 0 aromatic carbocycles. The summed E-state index contributed by atoms with van der Waals surface area (Å²) >= 11 is 0. The first-order valence-electron chi connectivity index (χ1n) is 5.30. The van der Waals surface area contributed by atoms with Crippen molar-refractivity contribution in [2.24, 2.45) is 0 Å². The largest absolute Gasteiger partial charge is 0.469 e. The minimum atomic E-state index is -4.32. The smallest absolute Gasteiger partial charge is 0.417 e. The van der Waals surface area contributed by atoms with E-state index in [1.54, 1.807) is 0 Å². The van der Waals surface area contributed by atoms with Crippen LogP contribution in [0.25, 0.3) is 0 Å². The summed E-state index contributed by atoms with van der Waals surface area (Å²) in [6, 6.07) is 0. The molecule has 0 saturated carbocycles. The minimum absolute atomic E-state index is 0.0267. The molecular formula is C9H23O5PSi. The summed E-state index contributed by atoms with van der Waals surface area (Å²) in [7, 11) is -6.07. The zero-order chi connectivity index (χ0) is 13.0. The lowest BCUT2D eigenvalue weighted by Crippen LogP contribution is -2.41. The van der Waals surface area contributed by atoms with Crippen molar-refractivity contribution in [3.63, 3.8) is 0 Å². The highest BCUT2D eigenvalue weighted by molar-refractivity contribution is 7.46. The van der Waals surface area contributed by atoms with Gasteiger partial charge in [0.25, 0.3) is 0 Å². The first-order chi connectivity index (χ1) is 6.96. The van der Waals surface area contributed by atoms with Crippen LogP contribution in [0.2, 0.25) is 18.1 Å². The standard InChI is InChI=1S/C9H23O5PSi/c1-9(2,3)16(4,5)14-8-6-7-13-15(10,11)12/h6-8H2,1-5H3,(H2,10,11,12). The third kappa shape index (κ3) is 6.78. The third-order valence-corrected chi connectivity index (χ3v) is 7.87. The van der Waals surface area contributed by atoms with Crippen LogP contribution in [0.3, 0.4) is 0 Å². The first kappa shape index (κ1) is 16.3. The van der Waals surface area contributed by atoms with Gasteiger partial charge in [-0.25, -0.2) is 4.57 Å². The average molecular weight is 270 g/mol. The van der Waals surface area contributed by atoms with Crippen LogP contribution < -0.4 is 0 Å². The Labute approximate surface area is 98.5 Å². The molecule has 7 heteroatoms. The van der Waals surface area contributed by atoms with Gasteiger partial charge in [-0.2, -0.15) is 0 Å². The Bertz CT molecular complexity index is 255. The Kier molecular flexibility index (Phi) is 5.86. The second kappa shape index (κ2) is 5.75. The molecule has 2 N–H and O–H groups in total. The summed E-state index contributed by atoms with van der Waals surface area (Å²) in [5.41, 5.74) is 0. The lowest BCUT2D eigenvalue weighted by atomic mass is 10.2. The number of phosphoric acid groups is 1. The maximum absolute atomic E-state index is 10.4. The van der Waals surface area contributed by atoms with Crippen molar-refractivity contribution in [1.82, 2.24) is 0 Å². The summed E-state index contributed by atoms with van der Waals surface area (Å²) in [4.78, 5) is 16.9. The van der Waals surface area contributed by atoms with Gasteiger partial charge < -0.3 is 14.2 Å². The molecule has 16 heavy (non-hydrogen) atoms. The molecule has 0 unspecified atom stereocenters. The molecule has 0 radical (unpaired) electrons. The molecule has 0 aromatic heterocycles. The van der Waals surface area contributed by atoms with E-state index in [-0.39, 0.29) is 11.6 Å². The van der Waals surface area contributed by atoms with Crippen LogP contribution >= 0.6 is 7.82 Å². The molecule has 0 spiro atoms. The van der Waals surface area contributed by atoms with E-state index in [1.807, 2.05) is 0 Å². The van der Waals surface area contributed by atoms with Crippen LogP contribution in [0.1, 0.15) is 27.2 Å². The topological polar surface area (TPSA) is 76.0 Å². The zero-order valence-corrected chi connectivity index (χ0v) is 12.6. The highest BCUT2D eigenvalue weighted by atomic mass is 31.2. The number of hydrogen-bond donors (Lipinski definition) is 2. The summed E-state index contributed by atoms with van der Waals surface area (Å²) < 4.78 is 20.5. The molecule has 0 bridgehead atoms. The second-order valence-electron chi connectivity index (χ2n) is 5.29.